The standard InChI is InChI=1S/C13H23NO3/c1-8-11(14-9(2)16)13(5,6)17-10(7-15)12(8,3)4/h10-11,15H,1,7H2,2-6H3,(H,14,16). The Bertz CT molecular complexity index is 334. The zero-order chi connectivity index (χ0) is 13.4. The highest BCUT2D eigenvalue weighted by Crippen LogP contribution is 2.43. The molecule has 1 fully saturated rings. The molecular formula is C13H23NO3. The van der Waals surface area contributed by atoms with Crippen molar-refractivity contribution in [3.8, 4) is 0 Å². The first kappa shape index (κ1) is 14.2. The fourth-order valence-electron chi connectivity index (χ4n) is 2.31. The topological polar surface area (TPSA) is 58.6 Å². The first-order valence-electron chi connectivity index (χ1n) is 5.88. The van der Waals surface area contributed by atoms with Crippen molar-refractivity contribution in [3.05, 3.63) is 12.2 Å². The van der Waals surface area contributed by atoms with Gasteiger partial charge < -0.3 is 15.2 Å². The van der Waals surface area contributed by atoms with E-state index in [0.29, 0.717) is 0 Å². The third-order valence-corrected chi connectivity index (χ3v) is 3.64. The Morgan fingerprint density at radius 2 is 2.00 bits per heavy atom. The van der Waals surface area contributed by atoms with E-state index in [1.165, 1.54) is 6.92 Å². The molecule has 1 rings (SSSR count). The highest BCUT2D eigenvalue weighted by molar-refractivity contribution is 5.74. The van der Waals surface area contributed by atoms with Crippen LogP contribution in [0.4, 0.5) is 0 Å². The lowest BCUT2D eigenvalue weighted by Gasteiger charge is -2.52. The van der Waals surface area contributed by atoms with E-state index < -0.39 is 5.60 Å². The maximum Gasteiger partial charge on any atom is 0.217 e. The lowest BCUT2D eigenvalue weighted by molar-refractivity contribution is -0.167. The van der Waals surface area contributed by atoms with Gasteiger partial charge >= 0.3 is 0 Å². The molecule has 0 saturated carbocycles. The summed E-state index contributed by atoms with van der Waals surface area (Å²) in [7, 11) is 0. The third-order valence-electron chi connectivity index (χ3n) is 3.64. The van der Waals surface area contributed by atoms with Gasteiger partial charge in [0, 0.05) is 12.3 Å². The summed E-state index contributed by atoms with van der Waals surface area (Å²) in [5.74, 6) is -0.105. The molecule has 0 spiro atoms. The molecule has 17 heavy (non-hydrogen) atoms. The van der Waals surface area contributed by atoms with Gasteiger partial charge in [-0.25, -0.2) is 0 Å². The highest BCUT2D eigenvalue weighted by Gasteiger charge is 2.49. The van der Waals surface area contributed by atoms with Crippen molar-refractivity contribution in [1.82, 2.24) is 5.32 Å². The number of hydrogen-bond donors (Lipinski definition) is 2. The molecule has 98 valence electrons. The molecule has 4 heteroatoms. The van der Waals surface area contributed by atoms with Gasteiger partial charge in [0.25, 0.3) is 0 Å². The molecule has 1 aliphatic rings. The molecule has 2 N–H and O–H groups in total. The molecule has 1 amide bonds. The van der Waals surface area contributed by atoms with Gasteiger partial charge in [0.15, 0.2) is 0 Å². The lowest BCUT2D eigenvalue weighted by Crippen LogP contribution is -2.62. The van der Waals surface area contributed by atoms with Crippen LogP contribution in [0, 0.1) is 5.41 Å². The van der Waals surface area contributed by atoms with Crippen molar-refractivity contribution < 1.29 is 14.6 Å². The zero-order valence-electron chi connectivity index (χ0n) is 11.3. The van der Waals surface area contributed by atoms with Gasteiger partial charge in [-0.3, -0.25) is 4.79 Å². The summed E-state index contributed by atoms with van der Waals surface area (Å²) in [6.07, 6.45) is -0.296. The Morgan fingerprint density at radius 3 is 2.41 bits per heavy atom. The largest absolute Gasteiger partial charge is 0.394 e. The summed E-state index contributed by atoms with van der Waals surface area (Å²) in [6.45, 7) is 13.3. The minimum atomic E-state index is -0.564. The number of aliphatic hydroxyl groups excluding tert-OH is 1. The van der Waals surface area contributed by atoms with Crippen LogP contribution in [0.5, 0.6) is 0 Å². The van der Waals surface area contributed by atoms with E-state index in [9.17, 15) is 9.90 Å². The Labute approximate surface area is 103 Å². The number of carbonyl (C=O) groups is 1. The van der Waals surface area contributed by atoms with Crippen molar-refractivity contribution >= 4 is 5.91 Å². The van der Waals surface area contributed by atoms with Gasteiger partial charge in [-0.2, -0.15) is 0 Å². The maximum absolute atomic E-state index is 11.3. The Morgan fingerprint density at radius 1 is 1.47 bits per heavy atom. The van der Waals surface area contributed by atoms with E-state index in [-0.39, 0.29) is 30.1 Å². The van der Waals surface area contributed by atoms with Crippen molar-refractivity contribution in [2.24, 2.45) is 5.41 Å². The van der Waals surface area contributed by atoms with Crippen LogP contribution in [0.25, 0.3) is 0 Å². The predicted molar refractivity (Wildman–Crippen MR) is 66.6 cm³/mol. The van der Waals surface area contributed by atoms with Crippen LogP contribution >= 0.6 is 0 Å². The Hall–Kier alpha value is -0.870. The predicted octanol–water partition coefficient (Wildman–Crippen LogP) is 1.24. The van der Waals surface area contributed by atoms with E-state index in [2.05, 4.69) is 11.9 Å². The molecule has 0 aromatic rings. The molecule has 0 aromatic carbocycles. The summed E-state index contributed by atoms with van der Waals surface area (Å²) in [4.78, 5) is 11.3. The summed E-state index contributed by atoms with van der Waals surface area (Å²) in [5, 5.41) is 12.3. The molecule has 1 heterocycles. The lowest BCUT2D eigenvalue weighted by atomic mass is 9.70. The molecule has 4 nitrogen and oxygen atoms in total. The van der Waals surface area contributed by atoms with Crippen LogP contribution in [0.1, 0.15) is 34.6 Å². The smallest absolute Gasteiger partial charge is 0.217 e. The number of ether oxygens (including phenoxy) is 1. The number of carbonyl (C=O) groups excluding carboxylic acids is 1. The second-order valence-corrected chi connectivity index (χ2v) is 5.77. The molecule has 1 aliphatic heterocycles. The van der Waals surface area contributed by atoms with Gasteiger partial charge in [0.2, 0.25) is 5.91 Å². The van der Waals surface area contributed by atoms with Crippen molar-refractivity contribution in [3.63, 3.8) is 0 Å². The number of amides is 1. The molecular weight excluding hydrogens is 218 g/mol. The SMILES string of the molecule is C=C1C(NC(C)=O)C(C)(C)OC(CO)C1(C)C. The number of nitrogens with one attached hydrogen (secondary N) is 1. The van der Waals surface area contributed by atoms with E-state index in [4.69, 9.17) is 4.74 Å². The fraction of sp³-hybridized carbons (Fsp3) is 0.769. The van der Waals surface area contributed by atoms with Gasteiger partial charge in [-0.15, -0.1) is 0 Å². The van der Waals surface area contributed by atoms with Crippen LogP contribution in [-0.4, -0.2) is 35.4 Å². The molecule has 0 aromatic heterocycles. The van der Waals surface area contributed by atoms with Gasteiger partial charge in [-0.05, 0) is 19.4 Å². The minimum Gasteiger partial charge on any atom is -0.394 e. The molecule has 2 unspecified atom stereocenters. The summed E-state index contributed by atoms with van der Waals surface area (Å²) in [5.41, 5.74) is -0.0359. The molecule has 1 saturated heterocycles. The van der Waals surface area contributed by atoms with E-state index in [1.54, 1.807) is 0 Å². The van der Waals surface area contributed by atoms with Crippen LogP contribution in [0.3, 0.4) is 0 Å². The van der Waals surface area contributed by atoms with Crippen LogP contribution in [0.2, 0.25) is 0 Å². The van der Waals surface area contributed by atoms with E-state index in [1.807, 2.05) is 27.7 Å². The normalized spacial score (nSPS) is 31.1. The monoisotopic (exact) mass is 241 g/mol. The Kier molecular flexibility index (Phi) is 3.69. The third kappa shape index (κ3) is 2.53. The van der Waals surface area contributed by atoms with Crippen molar-refractivity contribution in [2.45, 2.75) is 52.4 Å². The second-order valence-electron chi connectivity index (χ2n) is 5.77. The first-order chi connectivity index (χ1) is 7.63. The minimum absolute atomic E-state index is 0.0533. The molecule has 0 bridgehead atoms. The zero-order valence-corrected chi connectivity index (χ0v) is 11.3. The van der Waals surface area contributed by atoms with Crippen molar-refractivity contribution in [2.75, 3.05) is 6.61 Å². The number of rotatable bonds is 2. The van der Waals surface area contributed by atoms with Crippen LogP contribution < -0.4 is 5.32 Å². The Balaban J connectivity index is 3.06. The average molecular weight is 241 g/mol. The van der Waals surface area contributed by atoms with Gasteiger partial charge in [0.05, 0.1) is 24.4 Å². The van der Waals surface area contributed by atoms with Crippen LogP contribution in [0.15, 0.2) is 12.2 Å². The first-order valence-corrected chi connectivity index (χ1v) is 5.88. The number of aliphatic hydroxyl groups is 1. The fourth-order valence-corrected chi connectivity index (χ4v) is 2.31. The molecule has 0 aliphatic carbocycles. The summed E-state index contributed by atoms with van der Waals surface area (Å²) < 4.78 is 5.90. The second kappa shape index (κ2) is 4.42. The van der Waals surface area contributed by atoms with E-state index in [0.717, 1.165) is 5.57 Å². The van der Waals surface area contributed by atoms with Gasteiger partial charge in [0.1, 0.15) is 0 Å². The molecule has 0 radical (unpaired) electrons. The average Bonchev–Trinajstić information content (AvgIpc) is 2.19. The maximum atomic E-state index is 11.3. The summed E-state index contributed by atoms with van der Waals surface area (Å²) >= 11 is 0. The van der Waals surface area contributed by atoms with Crippen LogP contribution in [-0.2, 0) is 9.53 Å². The molecule has 2 atom stereocenters. The highest BCUT2D eigenvalue weighted by atomic mass is 16.5. The summed E-state index contributed by atoms with van der Waals surface area (Å²) in [6, 6.07) is -0.238. The number of hydrogen-bond acceptors (Lipinski definition) is 3. The quantitative estimate of drug-likeness (QED) is 0.715. The van der Waals surface area contributed by atoms with Crippen molar-refractivity contribution in [1.29, 1.82) is 0 Å². The van der Waals surface area contributed by atoms with Gasteiger partial charge in [-0.1, -0.05) is 20.4 Å². The van der Waals surface area contributed by atoms with E-state index >= 15 is 0 Å².